The quantitative estimate of drug-likeness (QED) is 0.709. The number of aromatic nitrogens is 3. The Morgan fingerprint density at radius 1 is 1.30 bits per heavy atom. The van der Waals surface area contributed by atoms with Crippen LogP contribution < -0.4 is 10.9 Å². The smallest absolute Gasteiger partial charge is 0.321 e. The van der Waals surface area contributed by atoms with Gasteiger partial charge in [-0.2, -0.15) is 0 Å². The van der Waals surface area contributed by atoms with Gasteiger partial charge < -0.3 is 15.2 Å². The van der Waals surface area contributed by atoms with E-state index in [1.54, 1.807) is 29.2 Å². The summed E-state index contributed by atoms with van der Waals surface area (Å²) in [4.78, 5) is 37.8. The average molecular weight is 383 g/mol. The molecule has 2 N–H and O–H groups in total. The number of aromatic amines is 1. The summed E-state index contributed by atoms with van der Waals surface area (Å²) in [5.74, 6) is 0.685. The van der Waals surface area contributed by atoms with Crippen LogP contribution in [-0.2, 0) is 0 Å². The van der Waals surface area contributed by atoms with E-state index in [2.05, 4.69) is 20.3 Å². The van der Waals surface area contributed by atoms with E-state index in [-0.39, 0.29) is 17.5 Å². The monoisotopic (exact) mass is 383 g/mol. The van der Waals surface area contributed by atoms with Gasteiger partial charge in [0.15, 0.2) is 0 Å². The third-order valence-electron chi connectivity index (χ3n) is 4.75. The molecule has 1 atom stereocenters. The van der Waals surface area contributed by atoms with E-state index in [1.807, 2.05) is 25.1 Å². The Labute approximate surface area is 160 Å². The lowest BCUT2D eigenvalue weighted by Crippen LogP contribution is -2.42. The number of H-pyrrole nitrogens is 1. The molecule has 2 aromatic heterocycles. The van der Waals surface area contributed by atoms with Crippen molar-refractivity contribution in [2.75, 3.05) is 18.4 Å². The molecule has 0 bridgehead atoms. The molecular weight excluding hydrogens is 362 g/mol. The topological polar surface area (TPSA) is 91.0 Å². The molecule has 0 aliphatic carbocycles. The Kier molecular flexibility index (Phi) is 4.65. The fourth-order valence-electron chi connectivity index (χ4n) is 3.53. The Morgan fingerprint density at radius 3 is 2.96 bits per heavy atom. The first kappa shape index (κ1) is 17.7. The predicted octanol–water partition coefficient (Wildman–Crippen LogP) is 3.41. The maximum absolute atomic E-state index is 12.7. The van der Waals surface area contributed by atoms with Gasteiger partial charge in [0.05, 0.1) is 20.9 Å². The van der Waals surface area contributed by atoms with Gasteiger partial charge in [0.25, 0.3) is 5.56 Å². The van der Waals surface area contributed by atoms with Crippen LogP contribution in [0.5, 0.6) is 0 Å². The van der Waals surface area contributed by atoms with Crippen molar-refractivity contribution in [3.05, 3.63) is 51.1 Å². The molecule has 0 spiro atoms. The summed E-state index contributed by atoms with van der Waals surface area (Å²) in [5, 5.41) is 3.99. The number of fused-ring (bicyclic) bond motifs is 1. The number of hydrogen-bond acceptors (Lipinski definition) is 5. The predicted molar refractivity (Wildman–Crippen MR) is 107 cm³/mol. The summed E-state index contributed by atoms with van der Waals surface area (Å²) in [6.07, 6.45) is 1.81. The first-order valence-corrected chi connectivity index (χ1v) is 9.80. The number of anilines is 1. The van der Waals surface area contributed by atoms with Crippen molar-refractivity contribution in [2.24, 2.45) is 0 Å². The van der Waals surface area contributed by atoms with Crippen LogP contribution in [0.3, 0.4) is 0 Å². The third kappa shape index (κ3) is 3.85. The van der Waals surface area contributed by atoms with E-state index in [4.69, 9.17) is 0 Å². The zero-order valence-electron chi connectivity index (χ0n) is 15.3. The van der Waals surface area contributed by atoms with Gasteiger partial charge in [0, 0.05) is 30.8 Å². The largest absolute Gasteiger partial charge is 0.324 e. The number of rotatable bonds is 2. The van der Waals surface area contributed by atoms with E-state index < -0.39 is 0 Å². The highest BCUT2D eigenvalue weighted by Gasteiger charge is 2.26. The van der Waals surface area contributed by atoms with E-state index in [1.165, 1.54) is 0 Å². The molecule has 0 unspecified atom stereocenters. The van der Waals surface area contributed by atoms with E-state index >= 15 is 0 Å². The fraction of sp³-hybridized carbons (Fsp3) is 0.368. The van der Waals surface area contributed by atoms with Gasteiger partial charge in [-0.25, -0.2) is 14.8 Å². The van der Waals surface area contributed by atoms with Gasteiger partial charge >= 0.3 is 6.03 Å². The van der Waals surface area contributed by atoms with Crippen LogP contribution >= 0.6 is 11.3 Å². The lowest BCUT2D eigenvalue weighted by Gasteiger charge is -2.32. The van der Waals surface area contributed by atoms with Crippen LogP contribution in [0.25, 0.3) is 10.2 Å². The number of nitrogens with one attached hydrogen (secondary N) is 2. The van der Waals surface area contributed by atoms with Crippen molar-refractivity contribution in [3.63, 3.8) is 0 Å². The van der Waals surface area contributed by atoms with Crippen molar-refractivity contribution in [1.82, 2.24) is 19.9 Å². The minimum absolute atomic E-state index is 0.0807. The maximum Gasteiger partial charge on any atom is 0.321 e. The number of benzene rings is 1. The normalized spacial score (nSPS) is 17.3. The first-order valence-electron chi connectivity index (χ1n) is 8.99. The molecule has 1 saturated heterocycles. The maximum atomic E-state index is 12.7. The van der Waals surface area contributed by atoms with Crippen LogP contribution in [0, 0.1) is 13.8 Å². The van der Waals surface area contributed by atoms with Crippen LogP contribution in [-0.4, -0.2) is 39.0 Å². The summed E-state index contributed by atoms with van der Waals surface area (Å²) in [7, 11) is 0. The van der Waals surface area contributed by atoms with Crippen molar-refractivity contribution in [1.29, 1.82) is 0 Å². The molecular formula is C19H21N5O2S. The van der Waals surface area contributed by atoms with Gasteiger partial charge in [0.1, 0.15) is 5.82 Å². The van der Waals surface area contributed by atoms with Crippen molar-refractivity contribution in [3.8, 4) is 0 Å². The number of carbonyl (C=O) groups excluding carboxylic acids is 1. The number of aryl methyl sites for hydroxylation is 2. The molecule has 3 aromatic rings. The average Bonchev–Trinajstić information content (AvgIpc) is 3.00. The molecule has 27 heavy (non-hydrogen) atoms. The van der Waals surface area contributed by atoms with Gasteiger partial charge in [-0.3, -0.25) is 4.79 Å². The van der Waals surface area contributed by atoms with Crippen molar-refractivity contribution < 1.29 is 4.79 Å². The van der Waals surface area contributed by atoms with E-state index in [9.17, 15) is 9.59 Å². The standard InChI is InChI=1S/C19H21N5O2S/c1-11-20-16(9-18(25)21-11)13-4-3-7-24(10-13)19(26)23-14-5-6-15-17(8-14)27-12(2)22-15/h5-6,8-9,13H,3-4,7,10H2,1-2H3,(H,23,26)(H,20,21,25)/t13-/m0/s1. The van der Waals surface area contributed by atoms with Crippen molar-refractivity contribution in [2.45, 2.75) is 32.6 Å². The minimum Gasteiger partial charge on any atom is -0.324 e. The molecule has 1 aliphatic heterocycles. The number of urea groups is 1. The lowest BCUT2D eigenvalue weighted by molar-refractivity contribution is 0.192. The van der Waals surface area contributed by atoms with Crippen LogP contribution in [0.4, 0.5) is 10.5 Å². The Hall–Kier alpha value is -2.74. The van der Waals surface area contributed by atoms with Crippen molar-refractivity contribution >= 4 is 33.3 Å². The molecule has 1 aliphatic rings. The highest BCUT2D eigenvalue weighted by atomic mass is 32.1. The van der Waals surface area contributed by atoms with E-state index in [0.717, 1.165) is 39.4 Å². The highest BCUT2D eigenvalue weighted by molar-refractivity contribution is 7.18. The molecule has 140 valence electrons. The second kappa shape index (κ2) is 7.11. The number of thiazole rings is 1. The Bertz CT molecular complexity index is 1060. The molecule has 7 nitrogen and oxygen atoms in total. The fourth-order valence-corrected chi connectivity index (χ4v) is 4.40. The number of carbonyl (C=O) groups is 1. The number of amides is 2. The van der Waals surface area contributed by atoms with Crippen LogP contribution in [0.15, 0.2) is 29.1 Å². The summed E-state index contributed by atoms with van der Waals surface area (Å²) >= 11 is 1.61. The third-order valence-corrected chi connectivity index (χ3v) is 5.69. The summed E-state index contributed by atoms with van der Waals surface area (Å²) in [6.45, 7) is 5.01. The summed E-state index contributed by atoms with van der Waals surface area (Å²) in [6, 6.07) is 7.18. The second-order valence-electron chi connectivity index (χ2n) is 6.89. The second-order valence-corrected chi connectivity index (χ2v) is 8.12. The molecule has 2 amide bonds. The molecule has 1 fully saturated rings. The number of likely N-dealkylation sites (tertiary alicyclic amines) is 1. The molecule has 0 saturated carbocycles. The zero-order chi connectivity index (χ0) is 19.0. The SMILES string of the molecule is Cc1nc([C@H]2CCCN(C(=O)Nc3ccc4nc(C)sc4c3)C2)cc(=O)[nH]1. The lowest BCUT2D eigenvalue weighted by atomic mass is 9.94. The highest BCUT2D eigenvalue weighted by Crippen LogP contribution is 2.27. The van der Waals surface area contributed by atoms with Gasteiger partial charge in [-0.05, 0) is 44.9 Å². The molecule has 8 heteroatoms. The molecule has 0 radical (unpaired) electrons. The Balaban J connectivity index is 1.48. The number of piperidine rings is 1. The summed E-state index contributed by atoms with van der Waals surface area (Å²) in [5.41, 5.74) is 2.33. The van der Waals surface area contributed by atoms with Gasteiger partial charge in [0.2, 0.25) is 0 Å². The first-order chi connectivity index (χ1) is 13.0. The molecule has 1 aromatic carbocycles. The number of hydrogen-bond donors (Lipinski definition) is 2. The zero-order valence-corrected chi connectivity index (χ0v) is 16.1. The van der Waals surface area contributed by atoms with E-state index in [0.29, 0.717) is 18.9 Å². The van der Waals surface area contributed by atoms with Crippen LogP contribution in [0.2, 0.25) is 0 Å². The van der Waals surface area contributed by atoms with Crippen LogP contribution in [0.1, 0.15) is 35.3 Å². The van der Waals surface area contributed by atoms with Gasteiger partial charge in [-0.15, -0.1) is 11.3 Å². The Morgan fingerprint density at radius 2 is 2.15 bits per heavy atom. The molecule has 4 rings (SSSR count). The number of nitrogens with zero attached hydrogens (tertiary/aromatic N) is 3. The summed E-state index contributed by atoms with van der Waals surface area (Å²) < 4.78 is 1.06. The molecule has 3 heterocycles. The van der Waals surface area contributed by atoms with Gasteiger partial charge in [-0.1, -0.05) is 0 Å². The minimum atomic E-state index is -0.146.